The van der Waals surface area contributed by atoms with Crippen LogP contribution in [-0.4, -0.2) is 37.1 Å². The van der Waals surface area contributed by atoms with Crippen LogP contribution in [0.4, 0.5) is 0 Å². The number of nitrogens with zero attached hydrogens (tertiary/aromatic N) is 4. The second-order valence-electron chi connectivity index (χ2n) is 4.63. The molecule has 0 saturated heterocycles. The van der Waals surface area contributed by atoms with Crippen molar-refractivity contribution in [2.24, 2.45) is 0 Å². The lowest BCUT2D eigenvalue weighted by atomic mass is 9.80. The SMILES string of the molecule is OB(O)c1ccc(Cn2cc(-c3ccccn3)nn2)cc1. The highest BCUT2D eigenvalue weighted by Gasteiger charge is 2.10. The number of rotatable bonds is 4. The number of aromatic nitrogens is 4. The van der Waals surface area contributed by atoms with Crippen LogP contribution in [0.5, 0.6) is 0 Å². The Balaban J connectivity index is 1.75. The first kappa shape index (κ1) is 13.5. The van der Waals surface area contributed by atoms with Crippen LogP contribution in [0.25, 0.3) is 11.4 Å². The van der Waals surface area contributed by atoms with Gasteiger partial charge >= 0.3 is 7.12 Å². The van der Waals surface area contributed by atoms with E-state index in [-0.39, 0.29) is 0 Å². The van der Waals surface area contributed by atoms with Crippen molar-refractivity contribution in [3.05, 3.63) is 60.4 Å². The van der Waals surface area contributed by atoms with Crippen molar-refractivity contribution in [3.8, 4) is 11.4 Å². The molecule has 0 unspecified atom stereocenters. The summed E-state index contributed by atoms with van der Waals surface area (Å²) in [5.74, 6) is 0. The summed E-state index contributed by atoms with van der Waals surface area (Å²) in [4.78, 5) is 4.23. The van der Waals surface area contributed by atoms with Crippen LogP contribution < -0.4 is 5.46 Å². The van der Waals surface area contributed by atoms with E-state index in [0.717, 1.165) is 17.0 Å². The van der Waals surface area contributed by atoms with Crippen LogP contribution in [0.3, 0.4) is 0 Å². The fraction of sp³-hybridized carbons (Fsp3) is 0.0714. The van der Waals surface area contributed by atoms with Crippen LogP contribution in [0, 0.1) is 0 Å². The van der Waals surface area contributed by atoms with Crippen molar-refractivity contribution in [3.63, 3.8) is 0 Å². The van der Waals surface area contributed by atoms with Gasteiger partial charge in [0.25, 0.3) is 0 Å². The molecule has 0 atom stereocenters. The van der Waals surface area contributed by atoms with Gasteiger partial charge in [0, 0.05) is 6.20 Å². The summed E-state index contributed by atoms with van der Waals surface area (Å²) in [6, 6.07) is 12.7. The van der Waals surface area contributed by atoms with Crippen molar-refractivity contribution in [1.82, 2.24) is 20.0 Å². The summed E-state index contributed by atoms with van der Waals surface area (Å²) < 4.78 is 1.72. The lowest BCUT2D eigenvalue weighted by Gasteiger charge is -2.03. The maximum absolute atomic E-state index is 9.05. The molecule has 0 bridgehead atoms. The molecule has 2 aromatic heterocycles. The molecule has 7 heteroatoms. The topological polar surface area (TPSA) is 84.1 Å². The second kappa shape index (κ2) is 5.86. The zero-order valence-electron chi connectivity index (χ0n) is 11.2. The third-order valence-corrected chi connectivity index (χ3v) is 3.09. The number of pyridine rings is 1. The molecule has 0 radical (unpaired) electrons. The largest absolute Gasteiger partial charge is 0.488 e. The van der Waals surface area contributed by atoms with Crippen LogP contribution >= 0.6 is 0 Å². The second-order valence-corrected chi connectivity index (χ2v) is 4.63. The van der Waals surface area contributed by atoms with Gasteiger partial charge in [-0.05, 0) is 23.2 Å². The molecule has 3 rings (SSSR count). The molecule has 0 aliphatic rings. The predicted molar refractivity (Wildman–Crippen MR) is 78.6 cm³/mol. The standard InChI is InChI=1S/C14H13BN4O2/c20-15(21)12-6-4-11(5-7-12)9-19-10-14(17-18-19)13-3-1-2-8-16-13/h1-8,10,20-21H,9H2. The number of benzene rings is 1. The van der Waals surface area contributed by atoms with Crippen molar-refractivity contribution >= 4 is 12.6 Å². The van der Waals surface area contributed by atoms with Gasteiger partial charge in [-0.25, -0.2) is 4.68 Å². The van der Waals surface area contributed by atoms with Crippen LogP contribution in [0.1, 0.15) is 5.56 Å². The molecule has 0 aliphatic carbocycles. The maximum Gasteiger partial charge on any atom is 0.488 e. The molecule has 6 nitrogen and oxygen atoms in total. The molecule has 2 heterocycles. The Bertz CT molecular complexity index is 713. The Labute approximate surface area is 121 Å². The van der Waals surface area contributed by atoms with E-state index >= 15 is 0 Å². The van der Waals surface area contributed by atoms with Gasteiger partial charge in [0.1, 0.15) is 5.69 Å². The first-order valence-corrected chi connectivity index (χ1v) is 6.49. The minimum Gasteiger partial charge on any atom is -0.423 e. The summed E-state index contributed by atoms with van der Waals surface area (Å²) >= 11 is 0. The molecule has 104 valence electrons. The molecule has 2 N–H and O–H groups in total. The van der Waals surface area contributed by atoms with E-state index in [9.17, 15) is 0 Å². The van der Waals surface area contributed by atoms with Gasteiger partial charge < -0.3 is 10.0 Å². The Morgan fingerprint density at radius 3 is 2.48 bits per heavy atom. The molecule has 0 fully saturated rings. The Kier molecular flexibility index (Phi) is 3.76. The molecule has 0 amide bonds. The predicted octanol–water partition coefficient (Wildman–Crippen LogP) is 0.0682. The van der Waals surface area contributed by atoms with Crippen molar-refractivity contribution < 1.29 is 10.0 Å². The molecule has 3 aromatic rings. The zero-order chi connectivity index (χ0) is 14.7. The highest BCUT2D eigenvalue weighted by atomic mass is 16.4. The summed E-state index contributed by atoms with van der Waals surface area (Å²) in [6.45, 7) is 0.557. The first-order chi connectivity index (χ1) is 10.2. The summed E-state index contributed by atoms with van der Waals surface area (Å²) in [5.41, 5.74) is 2.96. The van der Waals surface area contributed by atoms with Gasteiger partial charge in [-0.1, -0.05) is 35.5 Å². The Hall–Kier alpha value is -2.51. The van der Waals surface area contributed by atoms with Gasteiger partial charge in [0.15, 0.2) is 0 Å². The highest BCUT2D eigenvalue weighted by Crippen LogP contribution is 2.12. The van der Waals surface area contributed by atoms with E-state index in [4.69, 9.17) is 10.0 Å². The van der Waals surface area contributed by atoms with Crippen molar-refractivity contribution in [2.45, 2.75) is 6.54 Å². The average molecular weight is 280 g/mol. The minimum absolute atomic E-state index is 0.464. The normalized spacial score (nSPS) is 10.6. The van der Waals surface area contributed by atoms with Crippen LogP contribution in [-0.2, 0) is 6.54 Å². The molecule has 21 heavy (non-hydrogen) atoms. The van der Waals surface area contributed by atoms with E-state index in [1.54, 1.807) is 23.0 Å². The molecule has 0 spiro atoms. The smallest absolute Gasteiger partial charge is 0.423 e. The molecular weight excluding hydrogens is 267 g/mol. The van der Waals surface area contributed by atoms with Crippen molar-refractivity contribution in [2.75, 3.05) is 0 Å². The van der Waals surface area contributed by atoms with E-state index in [1.165, 1.54) is 0 Å². The zero-order valence-corrected chi connectivity index (χ0v) is 11.2. The highest BCUT2D eigenvalue weighted by molar-refractivity contribution is 6.58. The van der Waals surface area contributed by atoms with Gasteiger partial charge in [0.05, 0.1) is 18.4 Å². The maximum atomic E-state index is 9.05. The van der Waals surface area contributed by atoms with Gasteiger partial charge in [-0.3, -0.25) is 4.98 Å². The lowest BCUT2D eigenvalue weighted by molar-refractivity contribution is 0.426. The molecular formula is C14H13BN4O2. The number of hydrogen-bond acceptors (Lipinski definition) is 5. The molecule has 0 saturated carbocycles. The van der Waals surface area contributed by atoms with E-state index in [0.29, 0.717) is 12.0 Å². The third-order valence-electron chi connectivity index (χ3n) is 3.09. The molecule has 1 aromatic carbocycles. The fourth-order valence-electron chi connectivity index (χ4n) is 1.99. The van der Waals surface area contributed by atoms with Crippen molar-refractivity contribution in [1.29, 1.82) is 0 Å². The van der Waals surface area contributed by atoms with Crippen LogP contribution in [0.15, 0.2) is 54.9 Å². The number of hydrogen-bond donors (Lipinski definition) is 2. The van der Waals surface area contributed by atoms with Gasteiger partial charge in [-0.15, -0.1) is 5.10 Å². The quantitative estimate of drug-likeness (QED) is 0.661. The fourth-order valence-corrected chi connectivity index (χ4v) is 1.99. The lowest BCUT2D eigenvalue weighted by Crippen LogP contribution is -2.29. The average Bonchev–Trinajstić information content (AvgIpc) is 2.97. The van der Waals surface area contributed by atoms with E-state index < -0.39 is 7.12 Å². The van der Waals surface area contributed by atoms with E-state index in [1.807, 2.05) is 36.5 Å². The summed E-state index contributed by atoms with van der Waals surface area (Å²) in [7, 11) is -1.44. The van der Waals surface area contributed by atoms with E-state index in [2.05, 4.69) is 15.3 Å². The Morgan fingerprint density at radius 2 is 1.81 bits per heavy atom. The van der Waals surface area contributed by atoms with Gasteiger partial charge in [0.2, 0.25) is 0 Å². The van der Waals surface area contributed by atoms with Gasteiger partial charge in [-0.2, -0.15) is 0 Å². The molecule has 0 aliphatic heterocycles. The third kappa shape index (κ3) is 3.15. The Morgan fingerprint density at radius 1 is 1.00 bits per heavy atom. The summed E-state index contributed by atoms with van der Waals surface area (Å²) in [6.07, 6.45) is 3.55. The van der Waals surface area contributed by atoms with Crippen LogP contribution in [0.2, 0.25) is 0 Å². The monoisotopic (exact) mass is 280 g/mol. The summed E-state index contributed by atoms with van der Waals surface area (Å²) in [5, 5.41) is 26.3. The first-order valence-electron chi connectivity index (χ1n) is 6.49. The minimum atomic E-state index is -1.44.